The number of aromatic amines is 1. The number of unbranched alkanes of at least 4 members (excludes halogenated alkanes) is 3. The predicted octanol–water partition coefficient (Wildman–Crippen LogP) is 6.35. The second-order valence-corrected chi connectivity index (χ2v) is 8.84. The predicted molar refractivity (Wildman–Crippen MR) is 130 cm³/mol. The van der Waals surface area contributed by atoms with E-state index in [1.54, 1.807) is 18.2 Å². The minimum Gasteiger partial charge on any atom is -0.507 e. The zero-order chi connectivity index (χ0) is 23.4. The average molecular weight is 468 g/mol. The van der Waals surface area contributed by atoms with Crippen molar-refractivity contribution in [2.45, 2.75) is 52.0 Å². The first-order chi connectivity index (χ1) is 16.0. The molecule has 7 heteroatoms. The summed E-state index contributed by atoms with van der Waals surface area (Å²) in [6.45, 7) is 5.56. The maximum absolute atomic E-state index is 13.2. The number of aromatic hydroxyl groups is 1. The first kappa shape index (κ1) is 23.2. The highest BCUT2D eigenvalue weighted by atomic mass is 35.5. The van der Waals surface area contributed by atoms with Crippen molar-refractivity contribution >= 4 is 17.5 Å². The van der Waals surface area contributed by atoms with Gasteiger partial charge in [-0.05, 0) is 48.7 Å². The largest absolute Gasteiger partial charge is 0.507 e. The van der Waals surface area contributed by atoms with Crippen molar-refractivity contribution in [3.63, 3.8) is 0 Å². The fourth-order valence-corrected chi connectivity index (χ4v) is 4.56. The Balaban J connectivity index is 1.66. The quantitative estimate of drug-likeness (QED) is 0.340. The van der Waals surface area contributed by atoms with Crippen LogP contribution in [0.15, 0.2) is 42.5 Å². The fraction of sp³-hybridized carbons (Fsp3) is 0.385. The number of nitrogens with one attached hydrogen (secondary N) is 1. The molecule has 4 rings (SSSR count). The zero-order valence-electron chi connectivity index (χ0n) is 19.1. The van der Waals surface area contributed by atoms with E-state index in [0.717, 1.165) is 29.7 Å². The van der Waals surface area contributed by atoms with Crippen LogP contribution in [0.2, 0.25) is 5.02 Å². The average Bonchev–Trinajstić information content (AvgIpc) is 3.35. The molecule has 2 N–H and O–H groups in total. The topological polar surface area (TPSA) is 78.5 Å². The molecule has 2 aromatic carbocycles. The number of nitrogens with zero attached hydrogens (tertiary/aromatic N) is 2. The minimum atomic E-state index is -0.307. The van der Waals surface area contributed by atoms with Crippen LogP contribution in [0.25, 0.3) is 11.3 Å². The molecular formula is C26H30ClN3O3. The van der Waals surface area contributed by atoms with Crippen LogP contribution in [-0.2, 0) is 0 Å². The molecule has 0 saturated carbocycles. The molecule has 0 spiro atoms. The molecule has 0 fully saturated rings. The number of hydrogen-bond acceptors (Lipinski definition) is 4. The lowest BCUT2D eigenvalue weighted by Crippen LogP contribution is -2.30. The number of phenols is 1. The monoisotopic (exact) mass is 467 g/mol. The first-order valence-electron chi connectivity index (χ1n) is 11.7. The van der Waals surface area contributed by atoms with Crippen molar-refractivity contribution in [1.82, 2.24) is 15.1 Å². The van der Waals surface area contributed by atoms with E-state index in [-0.39, 0.29) is 17.7 Å². The van der Waals surface area contributed by atoms with Gasteiger partial charge < -0.3 is 14.7 Å². The second-order valence-electron chi connectivity index (χ2n) is 8.40. The molecule has 1 amide bonds. The summed E-state index contributed by atoms with van der Waals surface area (Å²) in [5.41, 5.74) is 3.23. The van der Waals surface area contributed by atoms with E-state index in [9.17, 15) is 9.90 Å². The SMILES string of the molecule is CCCCCCOc1ccc(C2c3c(-c4cc(Cl)ccc4O)n[nH]c3C(=O)N2CCC)cc1. The Labute approximate surface area is 199 Å². The van der Waals surface area contributed by atoms with Crippen molar-refractivity contribution in [2.24, 2.45) is 0 Å². The highest BCUT2D eigenvalue weighted by Gasteiger charge is 2.42. The summed E-state index contributed by atoms with van der Waals surface area (Å²) in [6, 6.07) is 12.5. The Morgan fingerprint density at radius 1 is 1.09 bits per heavy atom. The van der Waals surface area contributed by atoms with Gasteiger partial charge >= 0.3 is 0 Å². The number of carbonyl (C=O) groups is 1. The number of ether oxygens (including phenoxy) is 1. The van der Waals surface area contributed by atoms with Gasteiger partial charge in [-0.25, -0.2) is 0 Å². The highest BCUT2D eigenvalue weighted by Crippen LogP contribution is 2.45. The summed E-state index contributed by atoms with van der Waals surface area (Å²) in [5.74, 6) is 0.802. The van der Waals surface area contributed by atoms with Gasteiger partial charge in [0.05, 0.1) is 12.6 Å². The second kappa shape index (κ2) is 10.3. The Morgan fingerprint density at radius 3 is 2.61 bits per heavy atom. The number of H-pyrrole nitrogens is 1. The molecule has 33 heavy (non-hydrogen) atoms. The molecule has 1 aliphatic rings. The Bertz CT molecular complexity index is 1110. The van der Waals surface area contributed by atoms with Crippen LogP contribution < -0.4 is 4.74 Å². The molecule has 1 aliphatic heterocycles. The lowest BCUT2D eigenvalue weighted by Gasteiger charge is -2.26. The van der Waals surface area contributed by atoms with Crippen LogP contribution in [0.4, 0.5) is 0 Å². The maximum Gasteiger partial charge on any atom is 0.273 e. The van der Waals surface area contributed by atoms with E-state index in [0.29, 0.717) is 35.1 Å². The van der Waals surface area contributed by atoms with Crippen molar-refractivity contribution in [3.8, 4) is 22.8 Å². The van der Waals surface area contributed by atoms with Crippen LogP contribution in [0.5, 0.6) is 11.5 Å². The number of aromatic nitrogens is 2. The molecular weight excluding hydrogens is 438 g/mol. The van der Waals surface area contributed by atoms with Gasteiger partial charge in [0.25, 0.3) is 5.91 Å². The molecule has 174 valence electrons. The third kappa shape index (κ3) is 4.71. The molecule has 0 saturated heterocycles. The van der Waals surface area contributed by atoms with Gasteiger partial charge in [-0.3, -0.25) is 9.89 Å². The number of rotatable bonds is 10. The first-order valence-corrected chi connectivity index (χ1v) is 12.0. The number of carbonyl (C=O) groups excluding carboxylic acids is 1. The van der Waals surface area contributed by atoms with Crippen LogP contribution in [0.1, 0.15) is 73.6 Å². The van der Waals surface area contributed by atoms with E-state index >= 15 is 0 Å². The van der Waals surface area contributed by atoms with Gasteiger partial charge in [0.1, 0.15) is 22.9 Å². The van der Waals surface area contributed by atoms with Crippen LogP contribution in [0.3, 0.4) is 0 Å². The van der Waals surface area contributed by atoms with E-state index in [1.807, 2.05) is 29.2 Å². The Kier molecular flexibility index (Phi) is 7.23. The van der Waals surface area contributed by atoms with E-state index in [1.165, 1.54) is 19.3 Å². The van der Waals surface area contributed by atoms with Crippen molar-refractivity contribution in [2.75, 3.05) is 13.2 Å². The van der Waals surface area contributed by atoms with Gasteiger partial charge in [0, 0.05) is 22.7 Å². The summed E-state index contributed by atoms with van der Waals surface area (Å²) >= 11 is 6.19. The number of benzene rings is 2. The fourth-order valence-electron chi connectivity index (χ4n) is 4.38. The zero-order valence-corrected chi connectivity index (χ0v) is 19.9. The molecule has 1 unspecified atom stereocenters. The number of phenolic OH excluding ortho intramolecular Hbond substituents is 1. The smallest absolute Gasteiger partial charge is 0.273 e. The van der Waals surface area contributed by atoms with Gasteiger partial charge in [0.15, 0.2) is 0 Å². The lowest BCUT2D eigenvalue weighted by atomic mass is 9.95. The summed E-state index contributed by atoms with van der Waals surface area (Å²) in [6.07, 6.45) is 5.47. The van der Waals surface area contributed by atoms with Gasteiger partial charge in [-0.2, -0.15) is 5.10 Å². The lowest BCUT2D eigenvalue weighted by molar-refractivity contribution is 0.0744. The summed E-state index contributed by atoms with van der Waals surface area (Å²) in [4.78, 5) is 15.1. The van der Waals surface area contributed by atoms with Gasteiger partial charge in [-0.15, -0.1) is 0 Å². The van der Waals surface area contributed by atoms with Crippen molar-refractivity contribution < 1.29 is 14.6 Å². The third-order valence-corrected chi connectivity index (χ3v) is 6.24. The van der Waals surface area contributed by atoms with Crippen LogP contribution in [-0.4, -0.2) is 39.3 Å². The number of hydrogen-bond donors (Lipinski definition) is 2. The Morgan fingerprint density at radius 2 is 1.88 bits per heavy atom. The number of amides is 1. The molecule has 1 aromatic heterocycles. The number of halogens is 1. The van der Waals surface area contributed by atoms with E-state index in [4.69, 9.17) is 16.3 Å². The normalized spacial score (nSPS) is 15.2. The summed E-state index contributed by atoms with van der Waals surface area (Å²) in [7, 11) is 0. The highest BCUT2D eigenvalue weighted by molar-refractivity contribution is 6.31. The van der Waals surface area contributed by atoms with Crippen LogP contribution >= 0.6 is 11.6 Å². The van der Waals surface area contributed by atoms with E-state index in [2.05, 4.69) is 24.0 Å². The molecule has 3 aromatic rings. The third-order valence-electron chi connectivity index (χ3n) is 6.00. The summed E-state index contributed by atoms with van der Waals surface area (Å²) < 4.78 is 5.90. The van der Waals surface area contributed by atoms with Crippen molar-refractivity contribution in [3.05, 3.63) is 64.3 Å². The molecule has 1 atom stereocenters. The molecule has 0 bridgehead atoms. The maximum atomic E-state index is 13.2. The standard InChI is InChI=1S/C26H30ClN3O3/c1-3-5-6-7-15-33-19-11-8-17(9-12-19)25-22-23(20-16-18(27)10-13-21(20)31)28-29-24(22)26(32)30(25)14-4-2/h8-13,16,25,31H,3-7,14-15H2,1-2H3,(H,28,29). The van der Waals surface area contributed by atoms with Gasteiger partial charge in [-0.1, -0.05) is 56.8 Å². The number of fused-ring (bicyclic) bond motifs is 1. The molecule has 6 nitrogen and oxygen atoms in total. The molecule has 0 radical (unpaired) electrons. The Hall–Kier alpha value is -2.99. The van der Waals surface area contributed by atoms with Crippen molar-refractivity contribution in [1.29, 1.82) is 0 Å². The van der Waals surface area contributed by atoms with E-state index < -0.39 is 0 Å². The summed E-state index contributed by atoms with van der Waals surface area (Å²) in [5, 5.41) is 18.3. The van der Waals surface area contributed by atoms with Crippen LogP contribution in [0, 0.1) is 0 Å². The minimum absolute atomic E-state index is 0.0701. The van der Waals surface area contributed by atoms with Gasteiger partial charge in [0.2, 0.25) is 0 Å². The molecule has 2 heterocycles. The molecule has 0 aliphatic carbocycles.